The van der Waals surface area contributed by atoms with E-state index in [1.54, 1.807) is 12.4 Å². The molecule has 1 atom stereocenters. The van der Waals surface area contributed by atoms with Crippen molar-refractivity contribution in [3.63, 3.8) is 0 Å². The van der Waals surface area contributed by atoms with Crippen LogP contribution in [-0.4, -0.2) is 16.0 Å². The van der Waals surface area contributed by atoms with Crippen molar-refractivity contribution in [2.24, 2.45) is 5.73 Å². The van der Waals surface area contributed by atoms with Crippen LogP contribution in [0.4, 0.5) is 0 Å². The third-order valence-electron chi connectivity index (χ3n) is 1.50. The van der Waals surface area contributed by atoms with Gasteiger partial charge in [-0.1, -0.05) is 0 Å². The lowest BCUT2D eigenvalue weighted by atomic mass is 10.1. The van der Waals surface area contributed by atoms with Gasteiger partial charge in [0.05, 0.1) is 11.4 Å². The molecule has 0 radical (unpaired) electrons. The molecule has 0 spiro atoms. The molecular formula is C8H13N3. The van der Waals surface area contributed by atoms with Crippen molar-refractivity contribution in [2.45, 2.75) is 26.3 Å². The third-order valence-corrected chi connectivity index (χ3v) is 1.50. The van der Waals surface area contributed by atoms with Crippen molar-refractivity contribution in [1.29, 1.82) is 0 Å². The molecule has 0 aromatic carbocycles. The SMILES string of the molecule is Cc1nccnc1C[C@@H](C)N. The maximum Gasteiger partial charge on any atom is 0.0631 e. The molecule has 0 unspecified atom stereocenters. The van der Waals surface area contributed by atoms with Gasteiger partial charge in [0.15, 0.2) is 0 Å². The van der Waals surface area contributed by atoms with Crippen molar-refractivity contribution in [3.05, 3.63) is 23.8 Å². The Hall–Kier alpha value is -0.960. The number of aromatic nitrogens is 2. The van der Waals surface area contributed by atoms with E-state index in [9.17, 15) is 0 Å². The van der Waals surface area contributed by atoms with Gasteiger partial charge in [0.25, 0.3) is 0 Å². The Morgan fingerprint density at radius 3 is 2.64 bits per heavy atom. The number of hydrogen-bond acceptors (Lipinski definition) is 3. The summed E-state index contributed by atoms with van der Waals surface area (Å²) in [4.78, 5) is 8.29. The first-order valence-electron chi connectivity index (χ1n) is 3.72. The monoisotopic (exact) mass is 151 g/mol. The standard InChI is InChI=1S/C8H13N3/c1-6(9)5-8-7(2)10-3-4-11-8/h3-4,6H,5,9H2,1-2H3/t6-/m1/s1. The molecule has 0 aliphatic carbocycles. The highest BCUT2D eigenvalue weighted by Crippen LogP contribution is 2.01. The zero-order valence-electron chi connectivity index (χ0n) is 6.91. The van der Waals surface area contributed by atoms with E-state index in [0.29, 0.717) is 0 Å². The van der Waals surface area contributed by atoms with Crippen LogP contribution in [0, 0.1) is 6.92 Å². The van der Waals surface area contributed by atoms with Crippen LogP contribution >= 0.6 is 0 Å². The molecule has 3 heteroatoms. The second kappa shape index (κ2) is 3.44. The fraction of sp³-hybridized carbons (Fsp3) is 0.500. The second-order valence-corrected chi connectivity index (χ2v) is 2.77. The van der Waals surface area contributed by atoms with Gasteiger partial charge in [0.2, 0.25) is 0 Å². The lowest BCUT2D eigenvalue weighted by Crippen LogP contribution is -2.19. The van der Waals surface area contributed by atoms with Crippen molar-refractivity contribution >= 4 is 0 Å². The van der Waals surface area contributed by atoms with Crippen LogP contribution in [-0.2, 0) is 6.42 Å². The summed E-state index contributed by atoms with van der Waals surface area (Å²) in [6.07, 6.45) is 4.20. The van der Waals surface area contributed by atoms with Gasteiger partial charge in [-0.25, -0.2) is 0 Å². The first-order chi connectivity index (χ1) is 5.20. The van der Waals surface area contributed by atoms with E-state index in [2.05, 4.69) is 9.97 Å². The third kappa shape index (κ3) is 2.27. The Kier molecular flexibility index (Phi) is 2.54. The molecule has 0 saturated heterocycles. The summed E-state index contributed by atoms with van der Waals surface area (Å²) < 4.78 is 0. The summed E-state index contributed by atoms with van der Waals surface area (Å²) in [6, 6.07) is 0.158. The van der Waals surface area contributed by atoms with E-state index in [-0.39, 0.29) is 6.04 Å². The largest absolute Gasteiger partial charge is 0.328 e. The summed E-state index contributed by atoms with van der Waals surface area (Å²) in [5, 5.41) is 0. The van der Waals surface area contributed by atoms with Gasteiger partial charge < -0.3 is 5.73 Å². The van der Waals surface area contributed by atoms with Crippen molar-refractivity contribution < 1.29 is 0 Å². The van der Waals surface area contributed by atoms with Crippen LogP contribution in [0.2, 0.25) is 0 Å². The fourth-order valence-electron chi connectivity index (χ4n) is 0.942. The average molecular weight is 151 g/mol. The fourth-order valence-corrected chi connectivity index (χ4v) is 0.942. The topological polar surface area (TPSA) is 51.8 Å². The second-order valence-electron chi connectivity index (χ2n) is 2.77. The summed E-state index contributed by atoms with van der Waals surface area (Å²) in [5.74, 6) is 0. The summed E-state index contributed by atoms with van der Waals surface area (Å²) in [6.45, 7) is 3.92. The Balaban J connectivity index is 2.78. The van der Waals surface area contributed by atoms with Crippen LogP contribution < -0.4 is 5.73 Å². The van der Waals surface area contributed by atoms with Gasteiger partial charge in [-0.05, 0) is 13.8 Å². The molecule has 0 fully saturated rings. The maximum atomic E-state index is 5.63. The van der Waals surface area contributed by atoms with Crippen LogP contribution in [0.15, 0.2) is 12.4 Å². The Morgan fingerprint density at radius 2 is 2.09 bits per heavy atom. The number of hydrogen-bond donors (Lipinski definition) is 1. The van der Waals surface area contributed by atoms with Crippen LogP contribution in [0.5, 0.6) is 0 Å². The first kappa shape index (κ1) is 8.14. The molecule has 0 bridgehead atoms. The van der Waals surface area contributed by atoms with Gasteiger partial charge in [0, 0.05) is 24.9 Å². The molecule has 0 amide bonds. The average Bonchev–Trinajstić information content (AvgIpc) is 1.93. The lowest BCUT2D eigenvalue weighted by Gasteiger charge is -2.05. The molecule has 1 aromatic rings. The molecule has 60 valence electrons. The van der Waals surface area contributed by atoms with E-state index in [1.165, 1.54) is 0 Å². The Morgan fingerprint density at radius 1 is 1.45 bits per heavy atom. The minimum absolute atomic E-state index is 0.158. The van der Waals surface area contributed by atoms with E-state index < -0.39 is 0 Å². The van der Waals surface area contributed by atoms with Gasteiger partial charge in [-0.2, -0.15) is 0 Å². The first-order valence-corrected chi connectivity index (χ1v) is 3.72. The number of nitrogens with zero attached hydrogens (tertiary/aromatic N) is 2. The molecule has 0 saturated carbocycles. The highest BCUT2D eigenvalue weighted by atomic mass is 14.8. The zero-order chi connectivity index (χ0) is 8.27. The van der Waals surface area contributed by atoms with Crippen molar-refractivity contribution in [1.82, 2.24) is 9.97 Å². The van der Waals surface area contributed by atoms with Crippen LogP contribution in [0.25, 0.3) is 0 Å². The molecule has 1 rings (SSSR count). The minimum Gasteiger partial charge on any atom is -0.328 e. The predicted octanol–water partition coefficient (Wildman–Crippen LogP) is 0.675. The van der Waals surface area contributed by atoms with Crippen molar-refractivity contribution in [2.75, 3.05) is 0 Å². The van der Waals surface area contributed by atoms with Crippen LogP contribution in [0.1, 0.15) is 18.3 Å². The normalized spacial score (nSPS) is 13.0. The molecule has 0 aliphatic heterocycles. The summed E-state index contributed by atoms with van der Waals surface area (Å²) in [5.41, 5.74) is 7.60. The highest BCUT2D eigenvalue weighted by Gasteiger charge is 2.01. The Bertz CT molecular complexity index is 233. The maximum absolute atomic E-state index is 5.63. The number of nitrogens with two attached hydrogens (primary N) is 1. The van der Waals surface area contributed by atoms with Crippen molar-refractivity contribution in [3.8, 4) is 0 Å². The molecule has 1 heterocycles. The predicted molar refractivity (Wildman–Crippen MR) is 44.1 cm³/mol. The summed E-state index contributed by atoms with van der Waals surface area (Å²) >= 11 is 0. The van der Waals surface area contributed by atoms with Gasteiger partial charge in [-0.15, -0.1) is 0 Å². The van der Waals surface area contributed by atoms with E-state index >= 15 is 0 Å². The van der Waals surface area contributed by atoms with E-state index in [0.717, 1.165) is 17.8 Å². The summed E-state index contributed by atoms with van der Waals surface area (Å²) in [7, 11) is 0. The van der Waals surface area contributed by atoms with Gasteiger partial charge >= 0.3 is 0 Å². The van der Waals surface area contributed by atoms with Gasteiger partial charge in [-0.3, -0.25) is 9.97 Å². The molecule has 2 N–H and O–H groups in total. The number of rotatable bonds is 2. The molecule has 1 aromatic heterocycles. The molecular weight excluding hydrogens is 138 g/mol. The van der Waals surface area contributed by atoms with E-state index in [1.807, 2.05) is 13.8 Å². The Labute approximate surface area is 66.7 Å². The number of aryl methyl sites for hydroxylation is 1. The quantitative estimate of drug-likeness (QED) is 0.676. The zero-order valence-corrected chi connectivity index (χ0v) is 6.91. The molecule has 3 nitrogen and oxygen atoms in total. The van der Waals surface area contributed by atoms with Gasteiger partial charge in [0.1, 0.15) is 0 Å². The van der Waals surface area contributed by atoms with Crippen LogP contribution in [0.3, 0.4) is 0 Å². The highest BCUT2D eigenvalue weighted by molar-refractivity contribution is 5.09. The minimum atomic E-state index is 0.158. The lowest BCUT2D eigenvalue weighted by molar-refractivity contribution is 0.712. The molecule has 11 heavy (non-hydrogen) atoms. The molecule has 0 aliphatic rings. The smallest absolute Gasteiger partial charge is 0.0631 e. The van der Waals surface area contributed by atoms with E-state index in [4.69, 9.17) is 5.73 Å².